The lowest BCUT2D eigenvalue weighted by Gasteiger charge is -2.47. The molecule has 0 bridgehead atoms. The van der Waals surface area contributed by atoms with E-state index in [0.29, 0.717) is 5.56 Å². The summed E-state index contributed by atoms with van der Waals surface area (Å²) in [6.07, 6.45) is 4.41. The van der Waals surface area contributed by atoms with Crippen molar-refractivity contribution >= 4 is 0 Å². The molecule has 2 nitrogen and oxygen atoms in total. The van der Waals surface area contributed by atoms with Crippen molar-refractivity contribution in [2.24, 2.45) is 5.73 Å². The molecule has 2 unspecified atom stereocenters. The Hall–Kier alpha value is -1.00. The number of halogens is 2. The number of hydrogen-bond acceptors (Lipinski definition) is 2. The Balaban J connectivity index is 2.29. The summed E-state index contributed by atoms with van der Waals surface area (Å²) in [6.45, 7) is 6.17. The molecule has 1 saturated heterocycles. The molecular formula is C16H24F2N2. The third-order valence-electron chi connectivity index (χ3n) is 4.76. The van der Waals surface area contributed by atoms with E-state index in [9.17, 15) is 8.78 Å². The lowest BCUT2D eigenvalue weighted by molar-refractivity contribution is 0.0533. The van der Waals surface area contributed by atoms with Crippen LogP contribution in [0, 0.1) is 11.6 Å². The fraction of sp³-hybridized carbons (Fsp3) is 0.625. The second kappa shape index (κ2) is 6.19. The Morgan fingerprint density at radius 1 is 1.25 bits per heavy atom. The Morgan fingerprint density at radius 2 is 1.90 bits per heavy atom. The van der Waals surface area contributed by atoms with Crippen molar-refractivity contribution < 1.29 is 8.78 Å². The van der Waals surface area contributed by atoms with Gasteiger partial charge in [-0.3, -0.25) is 4.90 Å². The predicted molar refractivity (Wildman–Crippen MR) is 77.4 cm³/mol. The van der Waals surface area contributed by atoms with Crippen molar-refractivity contribution in [3.05, 3.63) is 35.4 Å². The van der Waals surface area contributed by atoms with Crippen LogP contribution in [-0.2, 0) is 0 Å². The lowest BCUT2D eigenvalue weighted by atomic mass is 9.82. The molecule has 112 valence electrons. The molecule has 0 amide bonds. The average molecular weight is 282 g/mol. The Morgan fingerprint density at radius 3 is 2.45 bits per heavy atom. The Kier molecular flexibility index (Phi) is 4.76. The molecule has 20 heavy (non-hydrogen) atoms. The highest BCUT2D eigenvalue weighted by molar-refractivity contribution is 5.25. The van der Waals surface area contributed by atoms with Crippen LogP contribution in [-0.4, -0.2) is 23.5 Å². The highest BCUT2D eigenvalue weighted by Gasteiger charge is 2.38. The monoisotopic (exact) mass is 282 g/mol. The smallest absolute Gasteiger partial charge is 0.130 e. The van der Waals surface area contributed by atoms with Gasteiger partial charge in [0.25, 0.3) is 0 Å². The highest BCUT2D eigenvalue weighted by atomic mass is 19.1. The summed E-state index contributed by atoms with van der Waals surface area (Å²) in [5, 5.41) is 0. The molecule has 0 aliphatic carbocycles. The molecule has 2 rings (SSSR count). The zero-order chi connectivity index (χ0) is 14.8. The van der Waals surface area contributed by atoms with Crippen LogP contribution in [0.25, 0.3) is 0 Å². The standard InChI is InChI=1S/C16H24F2N2/c1-3-16(2,20-9-5-4-6-10-20)15(19)13-8-7-12(17)11-14(13)18/h7-8,11,15H,3-6,9-10,19H2,1-2H3. The molecule has 0 saturated carbocycles. The summed E-state index contributed by atoms with van der Waals surface area (Å²) in [5.41, 5.74) is 6.47. The maximum Gasteiger partial charge on any atom is 0.130 e. The second-order valence-electron chi connectivity index (χ2n) is 5.90. The topological polar surface area (TPSA) is 29.3 Å². The first-order chi connectivity index (χ1) is 9.49. The van der Waals surface area contributed by atoms with Crippen LogP contribution in [0.3, 0.4) is 0 Å². The molecule has 1 aromatic carbocycles. The van der Waals surface area contributed by atoms with Crippen molar-refractivity contribution in [2.45, 2.75) is 51.1 Å². The fourth-order valence-corrected chi connectivity index (χ4v) is 3.13. The minimum absolute atomic E-state index is 0.293. The molecule has 2 atom stereocenters. The van der Waals surface area contributed by atoms with Crippen LogP contribution >= 0.6 is 0 Å². The summed E-state index contributed by atoms with van der Waals surface area (Å²) in [4.78, 5) is 2.37. The number of likely N-dealkylation sites (tertiary alicyclic amines) is 1. The molecule has 0 radical (unpaired) electrons. The van der Waals surface area contributed by atoms with Gasteiger partial charge >= 0.3 is 0 Å². The molecule has 1 aliphatic rings. The van der Waals surface area contributed by atoms with E-state index < -0.39 is 17.7 Å². The van der Waals surface area contributed by atoms with E-state index in [4.69, 9.17) is 5.73 Å². The third-order valence-corrected chi connectivity index (χ3v) is 4.76. The molecule has 4 heteroatoms. The number of nitrogens with two attached hydrogens (primary N) is 1. The summed E-state index contributed by atoms with van der Waals surface area (Å²) >= 11 is 0. The van der Waals surface area contributed by atoms with Crippen molar-refractivity contribution in [1.82, 2.24) is 4.90 Å². The SMILES string of the molecule is CCC(C)(C(N)c1ccc(F)cc1F)N1CCCCC1. The van der Waals surface area contributed by atoms with E-state index in [1.807, 2.05) is 0 Å². The van der Waals surface area contributed by atoms with E-state index >= 15 is 0 Å². The van der Waals surface area contributed by atoms with Crippen LogP contribution in [0.4, 0.5) is 8.78 Å². The second-order valence-corrected chi connectivity index (χ2v) is 5.90. The van der Waals surface area contributed by atoms with Gasteiger partial charge in [0.1, 0.15) is 11.6 Å². The van der Waals surface area contributed by atoms with Crippen molar-refractivity contribution in [2.75, 3.05) is 13.1 Å². The minimum atomic E-state index is -0.561. The quantitative estimate of drug-likeness (QED) is 0.914. The maximum absolute atomic E-state index is 14.0. The van der Waals surface area contributed by atoms with E-state index in [2.05, 4.69) is 18.7 Å². The predicted octanol–water partition coefficient (Wildman–Crippen LogP) is 3.62. The average Bonchev–Trinajstić information content (AvgIpc) is 2.46. The number of benzene rings is 1. The molecule has 1 fully saturated rings. The van der Waals surface area contributed by atoms with E-state index in [1.165, 1.54) is 18.6 Å². The number of piperidine rings is 1. The van der Waals surface area contributed by atoms with Crippen molar-refractivity contribution in [3.8, 4) is 0 Å². The van der Waals surface area contributed by atoms with E-state index in [-0.39, 0.29) is 5.54 Å². The Bertz CT molecular complexity index is 458. The van der Waals surface area contributed by atoms with Gasteiger partial charge in [-0.1, -0.05) is 19.4 Å². The van der Waals surface area contributed by atoms with Gasteiger partial charge in [-0.05, 0) is 45.3 Å². The number of rotatable bonds is 4. The van der Waals surface area contributed by atoms with Gasteiger partial charge in [0.05, 0.1) is 6.04 Å². The van der Waals surface area contributed by atoms with Gasteiger partial charge in [-0.25, -0.2) is 8.78 Å². The van der Waals surface area contributed by atoms with Gasteiger partial charge in [-0.2, -0.15) is 0 Å². The molecular weight excluding hydrogens is 258 g/mol. The van der Waals surface area contributed by atoms with Gasteiger partial charge < -0.3 is 5.73 Å². The van der Waals surface area contributed by atoms with Crippen LogP contribution in [0.15, 0.2) is 18.2 Å². The molecule has 1 heterocycles. The first-order valence-corrected chi connectivity index (χ1v) is 7.44. The summed E-state index contributed by atoms with van der Waals surface area (Å²) < 4.78 is 27.0. The zero-order valence-corrected chi connectivity index (χ0v) is 12.3. The first-order valence-electron chi connectivity index (χ1n) is 7.44. The van der Waals surface area contributed by atoms with E-state index in [0.717, 1.165) is 38.4 Å². The zero-order valence-electron chi connectivity index (χ0n) is 12.3. The van der Waals surface area contributed by atoms with E-state index in [1.54, 1.807) is 0 Å². The first kappa shape index (κ1) is 15.4. The highest BCUT2D eigenvalue weighted by Crippen LogP contribution is 2.35. The molecule has 2 N–H and O–H groups in total. The maximum atomic E-state index is 14.0. The van der Waals surface area contributed by atoms with Gasteiger partial charge in [0.15, 0.2) is 0 Å². The molecule has 1 aliphatic heterocycles. The van der Waals surface area contributed by atoms with Crippen LogP contribution in [0.5, 0.6) is 0 Å². The van der Waals surface area contributed by atoms with Crippen LogP contribution in [0.1, 0.15) is 51.1 Å². The van der Waals surface area contributed by atoms with Crippen molar-refractivity contribution in [1.29, 1.82) is 0 Å². The third kappa shape index (κ3) is 2.86. The fourth-order valence-electron chi connectivity index (χ4n) is 3.13. The van der Waals surface area contributed by atoms with Crippen LogP contribution in [0.2, 0.25) is 0 Å². The van der Waals surface area contributed by atoms with Gasteiger partial charge in [-0.15, -0.1) is 0 Å². The minimum Gasteiger partial charge on any atom is -0.322 e. The molecule has 0 aromatic heterocycles. The van der Waals surface area contributed by atoms with Gasteiger partial charge in [0.2, 0.25) is 0 Å². The number of hydrogen-bond donors (Lipinski definition) is 1. The molecule has 1 aromatic rings. The van der Waals surface area contributed by atoms with Crippen LogP contribution < -0.4 is 5.73 Å². The normalized spacial score (nSPS) is 21.4. The summed E-state index contributed by atoms with van der Waals surface area (Å²) in [5.74, 6) is -1.11. The largest absolute Gasteiger partial charge is 0.322 e. The molecule has 0 spiro atoms. The Labute approximate surface area is 120 Å². The number of nitrogens with zero attached hydrogens (tertiary/aromatic N) is 1. The summed E-state index contributed by atoms with van der Waals surface area (Å²) in [6, 6.07) is 3.23. The van der Waals surface area contributed by atoms with Crippen molar-refractivity contribution in [3.63, 3.8) is 0 Å². The lowest BCUT2D eigenvalue weighted by Crippen LogP contribution is -2.54. The summed E-state index contributed by atoms with van der Waals surface area (Å²) in [7, 11) is 0. The van der Waals surface area contributed by atoms with Gasteiger partial charge in [0, 0.05) is 17.2 Å².